The maximum absolute atomic E-state index is 12.4. The molecule has 0 saturated carbocycles. The average molecular weight is 327 g/mol. The van der Waals surface area contributed by atoms with Gasteiger partial charge in [0.05, 0.1) is 24.4 Å². The first-order valence-corrected chi connectivity index (χ1v) is 6.80. The number of carbonyl (C=O) groups is 1. The molecule has 2 aromatic heterocycles. The first-order chi connectivity index (χ1) is 10.9. The number of amides is 1. The Bertz CT molecular complexity index is 688. The van der Waals surface area contributed by atoms with Gasteiger partial charge in [-0.05, 0) is 0 Å². The van der Waals surface area contributed by atoms with Gasteiger partial charge in [-0.3, -0.25) is 4.79 Å². The number of alkyl halides is 3. The molecule has 122 valence electrons. The van der Waals surface area contributed by atoms with E-state index in [1.807, 2.05) is 0 Å². The van der Waals surface area contributed by atoms with Gasteiger partial charge < -0.3 is 10.1 Å². The fraction of sp³-hybridized carbons (Fsp3) is 0.385. The zero-order valence-electron chi connectivity index (χ0n) is 11.8. The zero-order valence-corrected chi connectivity index (χ0v) is 11.8. The number of carbonyl (C=O) groups excluding carboxylic acids is 1. The smallest absolute Gasteiger partial charge is 0.451 e. The quantitative estimate of drug-likeness (QED) is 0.922. The molecule has 0 radical (unpaired) electrons. The van der Waals surface area contributed by atoms with Crippen LogP contribution < -0.4 is 10.1 Å². The normalized spacial score (nSPS) is 14.0. The molecule has 10 heteroatoms. The second-order valence-corrected chi connectivity index (χ2v) is 4.87. The molecule has 0 unspecified atom stereocenters. The topological polar surface area (TPSA) is 81.9 Å². The predicted octanol–water partition coefficient (Wildman–Crippen LogP) is 1.40. The molecule has 3 rings (SSSR count). The molecule has 0 spiro atoms. The number of hydrogen-bond acceptors (Lipinski definition) is 5. The molecule has 3 heterocycles. The Morgan fingerprint density at radius 1 is 1.35 bits per heavy atom. The monoisotopic (exact) mass is 327 g/mol. The van der Waals surface area contributed by atoms with Crippen LogP contribution in [0.4, 0.5) is 13.2 Å². The molecule has 0 fully saturated rings. The van der Waals surface area contributed by atoms with Crippen LogP contribution in [-0.4, -0.2) is 32.3 Å². The van der Waals surface area contributed by atoms with E-state index in [1.165, 1.54) is 0 Å². The van der Waals surface area contributed by atoms with Gasteiger partial charge >= 0.3 is 6.18 Å². The van der Waals surface area contributed by atoms with Crippen LogP contribution in [0.15, 0.2) is 18.5 Å². The lowest BCUT2D eigenvalue weighted by Crippen LogP contribution is -2.24. The molecule has 1 aliphatic heterocycles. The Kier molecular flexibility index (Phi) is 3.89. The molecule has 1 N–H and O–H groups in total. The van der Waals surface area contributed by atoms with Gasteiger partial charge in [-0.2, -0.15) is 18.3 Å². The van der Waals surface area contributed by atoms with Gasteiger partial charge in [0.15, 0.2) is 0 Å². The fourth-order valence-corrected chi connectivity index (χ4v) is 2.07. The first kappa shape index (κ1) is 15.3. The van der Waals surface area contributed by atoms with Crippen LogP contribution in [0.3, 0.4) is 0 Å². The van der Waals surface area contributed by atoms with E-state index in [0.717, 1.165) is 25.4 Å². The van der Waals surface area contributed by atoms with Crippen LogP contribution in [0.25, 0.3) is 0 Å². The van der Waals surface area contributed by atoms with Crippen LogP contribution in [-0.2, 0) is 19.3 Å². The molecule has 0 aromatic carbocycles. The number of aromatic nitrogens is 4. The predicted molar refractivity (Wildman–Crippen MR) is 70.5 cm³/mol. The molecule has 1 aliphatic rings. The highest BCUT2D eigenvalue weighted by Crippen LogP contribution is 2.25. The summed E-state index contributed by atoms with van der Waals surface area (Å²) in [6.45, 7) is 1.50. The van der Waals surface area contributed by atoms with Crippen molar-refractivity contribution >= 4 is 5.91 Å². The van der Waals surface area contributed by atoms with Crippen molar-refractivity contribution in [3.63, 3.8) is 0 Å². The van der Waals surface area contributed by atoms with Crippen molar-refractivity contribution < 1.29 is 22.7 Å². The van der Waals surface area contributed by atoms with E-state index in [2.05, 4.69) is 20.4 Å². The van der Waals surface area contributed by atoms with Gasteiger partial charge in [0.2, 0.25) is 11.7 Å². The molecular formula is C13H12F3N5O2. The van der Waals surface area contributed by atoms with E-state index in [0.29, 0.717) is 18.2 Å². The Balaban J connectivity index is 1.62. The number of halogens is 3. The minimum Gasteiger partial charge on any atom is -0.478 e. The van der Waals surface area contributed by atoms with E-state index in [4.69, 9.17) is 4.74 Å². The van der Waals surface area contributed by atoms with Gasteiger partial charge in [0.1, 0.15) is 0 Å². The number of ether oxygens (including phenoxy) is 1. The number of fused-ring (bicyclic) bond motifs is 1. The maximum atomic E-state index is 12.4. The van der Waals surface area contributed by atoms with E-state index in [-0.39, 0.29) is 12.1 Å². The summed E-state index contributed by atoms with van der Waals surface area (Å²) in [7, 11) is 0. The lowest BCUT2D eigenvalue weighted by molar-refractivity contribution is -0.145. The summed E-state index contributed by atoms with van der Waals surface area (Å²) in [5, 5.41) is 6.81. The third kappa shape index (κ3) is 3.41. The van der Waals surface area contributed by atoms with Crippen molar-refractivity contribution in [2.75, 3.05) is 6.61 Å². The Hall–Kier alpha value is -2.65. The summed E-state index contributed by atoms with van der Waals surface area (Å²) in [4.78, 5) is 18.2. The molecular weight excluding hydrogens is 315 g/mol. The van der Waals surface area contributed by atoms with Crippen LogP contribution in [0.1, 0.15) is 28.3 Å². The summed E-state index contributed by atoms with van der Waals surface area (Å²) in [6, 6.07) is 1.71. The molecule has 0 atom stereocenters. The van der Waals surface area contributed by atoms with Crippen molar-refractivity contribution in [2.45, 2.75) is 25.7 Å². The molecule has 0 aliphatic carbocycles. The molecule has 23 heavy (non-hydrogen) atoms. The highest BCUT2D eigenvalue weighted by Gasteiger charge is 2.34. The van der Waals surface area contributed by atoms with Gasteiger partial charge in [-0.1, -0.05) is 0 Å². The molecule has 2 aromatic rings. The third-order valence-corrected chi connectivity index (χ3v) is 3.16. The third-order valence-electron chi connectivity index (χ3n) is 3.16. The summed E-state index contributed by atoms with van der Waals surface area (Å²) in [5.41, 5.74) is 0.543. The second-order valence-electron chi connectivity index (χ2n) is 4.87. The largest absolute Gasteiger partial charge is 0.478 e. The number of rotatable bonds is 3. The average Bonchev–Trinajstić information content (AvgIpc) is 2.95. The van der Waals surface area contributed by atoms with Gasteiger partial charge in [0, 0.05) is 31.4 Å². The first-order valence-electron chi connectivity index (χ1n) is 6.80. The van der Waals surface area contributed by atoms with Crippen LogP contribution in [0.5, 0.6) is 5.88 Å². The fourth-order valence-electron chi connectivity index (χ4n) is 2.07. The SMILES string of the molecule is O=C(NCc1cc2n(n1)CCCO2)c1cnc(C(F)(F)F)nc1. The summed E-state index contributed by atoms with van der Waals surface area (Å²) in [6.07, 6.45) is -2.09. The van der Waals surface area contributed by atoms with Crippen LogP contribution in [0, 0.1) is 0 Å². The van der Waals surface area contributed by atoms with Crippen LogP contribution >= 0.6 is 0 Å². The van der Waals surface area contributed by atoms with E-state index in [9.17, 15) is 18.0 Å². The van der Waals surface area contributed by atoms with Crippen molar-refractivity contribution in [1.82, 2.24) is 25.1 Å². The molecule has 7 nitrogen and oxygen atoms in total. The molecule has 1 amide bonds. The number of nitrogens with one attached hydrogen (secondary N) is 1. The van der Waals surface area contributed by atoms with Crippen molar-refractivity contribution in [1.29, 1.82) is 0 Å². The highest BCUT2D eigenvalue weighted by molar-refractivity contribution is 5.93. The highest BCUT2D eigenvalue weighted by atomic mass is 19.4. The van der Waals surface area contributed by atoms with Crippen molar-refractivity contribution in [3.05, 3.63) is 35.5 Å². The minimum atomic E-state index is -4.63. The summed E-state index contributed by atoms with van der Waals surface area (Å²) >= 11 is 0. The Labute approximate surface area is 128 Å². The second kappa shape index (κ2) is 5.86. The minimum absolute atomic E-state index is 0.0572. The van der Waals surface area contributed by atoms with Gasteiger partial charge in [-0.15, -0.1) is 0 Å². The van der Waals surface area contributed by atoms with Gasteiger partial charge in [0.25, 0.3) is 5.91 Å². The zero-order chi connectivity index (χ0) is 16.4. The summed E-state index contributed by atoms with van der Waals surface area (Å²) < 4.78 is 44.2. The van der Waals surface area contributed by atoms with Gasteiger partial charge in [-0.25, -0.2) is 14.6 Å². The van der Waals surface area contributed by atoms with Crippen molar-refractivity contribution in [3.8, 4) is 5.88 Å². The van der Waals surface area contributed by atoms with Crippen molar-refractivity contribution in [2.24, 2.45) is 0 Å². The Morgan fingerprint density at radius 2 is 2.09 bits per heavy atom. The van der Waals surface area contributed by atoms with E-state index in [1.54, 1.807) is 10.7 Å². The molecule has 0 bridgehead atoms. The number of nitrogens with zero attached hydrogens (tertiary/aromatic N) is 4. The lowest BCUT2D eigenvalue weighted by Gasteiger charge is -2.13. The lowest BCUT2D eigenvalue weighted by atomic mass is 10.3. The van der Waals surface area contributed by atoms with E-state index < -0.39 is 17.9 Å². The number of aryl methyl sites for hydroxylation is 1. The Morgan fingerprint density at radius 3 is 2.74 bits per heavy atom. The molecule has 0 saturated heterocycles. The standard InChI is InChI=1S/C13H12F3N5O2/c14-13(15,16)12-18-5-8(6-19-12)11(22)17-7-9-4-10-21(20-9)2-1-3-23-10/h4-6H,1-3,7H2,(H,17,22). The van der Waals surface area contributed by atoms with Crippen LogP contribution in [0.2, 0.25) is 0 Å². The maximum Gasteiger partial charge on any atom is 0.451 e. The number of hydrogen-bond donors (Lipinski definition) is 1. The summed E-state index contributed by atoms with van der Waals surface area (Å²) in [5.74, 6) is -1.23. The van der Waals surface area contributed by atoms with E-state index >= 15 is 0 Å².